The SMILES string of the molecule is Cc1nc(C2C3(c4nc5c(C)cc(N6CCC(C)(c7ccccc7)C6)cn5n4)CC2(C(C)(C)O)CO3)n[nH]1. The van der Waals surface area contributed by atoms with Crippen LogP contribution in [0.1, 0.15) is 68.1 Å². The molecule has 2 N–H and O–H groups in total. The molecule has 1 aromatic carbocycles. The minimum Gasteiger partial charge on any atom is -0.390 e. The number of rotatable bonds is 5. The topological polar surface area (TPSA) is 104 Å². The molecule has 3 aromatic heterocycles. The summed E-state index contributed by atoms with van der Waals surface area (Å²) in [6, 6.07) is 13.0. The molecule has 0 amide bonds. The van der Waals surface area contributed by atoms with Gasteiger partial charge in [-0.3, -0.25) is 5.10 Å². The van der Waals surface area contributed by atoms with Crippen LogP contribution in [0.3, 0.4) is 0 Å². The van der Waals surface area contributed by atoms with E-state index in [1.165, 1.54) is 5.56 Å². The van der Waals surface area contributed by atoms with E-state index in [1.54, 1.807) is 0 Å². The molecule has 0 radical (unpaired) electrons. The molecule has 8 rings (SSSR count). The van der Waals surface area contributed by atoms with Crippen molar-refractivity contribution < 1.29 is 9.84 Å². The Morgan fingerprint density at radius 3 is 2.66 bits per heavy atom. The number of pyridine rings is 1. The second-order valence-corrected chi connectivity index (χ2v) is 12.5. The van der Waals surface area contributed by atoms with E-state index in [-0.39, 0.29) is 11.3 Å². The fourth-order valence-electron chi connectivity index (χ4n) is 7.22. The summed E-state index contributed by atoms with van der Waals surface area (Å²) in [7, 11) is 0. The lowest BCUT2D eigenvalue weighted by atomic mass is 9.47. The first-order chi connectivity index (χ1) is 18.0. The van der Waals surface area contributed by atoms with Crippen molar-refractivity contribution in [3.63, 3.8) is 0 Å². The average Bonchev–Trinajstić information content (AvgIpc) is 3.67. The quantitative estimate of drug-likeness (QED) is 0.418. The second kappa shape index (κ2) is 7.64. The van der Waals surface area contributed by atoms with Gasteiger partial charge in [0.25, 0.3) is 0 Å². The first kappa shape index (κ1) is 23.8. The molecule has 38 heavy (non-hydrogen) atoms. The van der Waals surface area contributed by atoms with Gasteiger partial charge in [-0.15, -0.1) is 5.10 Å². The smallest absolute Gasteiger partial charge is 0.184 e. The highest BCUT2D eigenvalue weighted by Crippen LogP contribution is 2.73. The standard InChI is InChI=1S/C29H35N7O2/c1-18-13-21(35-12-11-27(5,16-35)20-9-7-6-8-10-20)14-36-24(18)31-25(34-36)29-15-28(17-38-29,26(3,4)37)22(29)23-30-19(2)32-33-23/h6-10,13-14,22,37H,11-12,15-17H2,1-5H3,(H,30,32,33). The van der Waals surface area contributed by atoms with Gasteiger partial charge >= 0.3 is 0 Å². The van der Waals surface area contributed by atoms with E-state index >= 15 is 0 Å². The molecule has 1 aliphatic carbocycles. The van der Waals surface area contributed by atoms with Crippen LogP contribution in [0.4, 0.5) is 5.69 Å². The Morgan fingerprint density at radius 2 is 1.95 bits per heavy atom. The highest BCUT2D eigenvalue weighted by Gasteiger charge is 2.78. The van der Waals surface area contributed by atoms with E-state index in [9.17, 15) is 5.11 Å². The Labute approximate surface area is 222 Å². The van der Waals surface area contributed by atoms with Gasteiger partial charge in [0, 0.05) is 23.9 Å². The Bertz CT molecular complexity index is 1540. The highest BCUT2D eigenvalue weighted by molar-refractivity contribution is 5.58. The largest absolute Gasteiger partial charge is 0.390 e. The molecule has 4 aromatic rings. The number of aryl methyl sites for hydroxylation is 2. The number of fused-ring (bicyclic) bond motifs is 2. The van der Waals surface area contributed by atoms with Gasteiger partial charge in [-0.05, 0) is 57.7 Å². The molecule has 1 saturated carbocycles. The van der Waals surface area contributed by atoms with E-state index in [0.717, 1.165) is 42.2 Å². The predicted molar refractivity (Wildman–Crippen MR) is 143 cm³/mol. The zero-order valence-corrected chi connectivity index (χ0v) is 22.7. The number of nitrogens with zero attached hydrogens (tertiary/aromatic N) is 6. The average molecular weight is 514 g/mol. The van der Waals surface area contributed by atoms with Gasteiger partial charge in [-0.2, -0.15) is 5.10 Å². The normalized spacial score (nSPS) is 30.8. The van der Waals surface area contributed by atoms with Gasteiger partial charge in [0.2, 0.25) is 0 Å². The van der Waals surface area contributed by atoms with Crippen LogP contribution < -0.4 is 4.90 Å². The van der Waals surface area contributed by atoms with E-state index in [0.29, 0.717) is 24.7 Å². The van der Waals surface area contributed by atoms with Crippen molar-refractivity contribution in [3.05, 3.63) is 71.2 Å². The summed E-state index contributed by atoms with van der Waals surface area (Å²) in [6.07, 6.45) is 3.82. The Morgan fingerprint density at radius 1 is 1.16 bits per heavy atom. The molecule has 0 spiro atoms. The van der Waals surface area contributed by atoms with Crippen molar-refractivity contribution in [1.29, 1.82) is 0 Å². The maximum absolute atomic E-state index is 11.2. The number of anilines is 1. The van der Waals surface area contributed by atoms with Crippen LogP contribution in [-0.2, 0) is 15.8 Å². The minimum absolute atomic E-state index is 0.114. The summed E-state index contributed by atoms with van der Waals surface area (Å²) in [4.78, 5) is 12.1. The number of benzene rings is 1. The van der Waals surface area contributed by atoms with Gasteiger partial charge in [0.1, 0.15) is 11.4 Å². The van der Waals surface area contributed by atoms with Gasteiger partial charge < -0.3 is 14.7 Å². The summed E-state index contributed by atoms with van der Waals surface area (Å²) in [5.41, 5.74) is 2.33. The molecule has 9 nitrogen and oxygen atoms in total. The zero-order chi connectivity index (χ0) is 26.5. The molecular weight excluding hydrogens is 478 g/mol. The van der Waals surface area contributed by atoms with Crippen LogP contribution in [0, 0.1) is 19.3 Å². The van der Waals surface area contributed by atoms with Gasteiger partial charge in [0.05, 0.1) is 30.0 Å². The third kappa shape index (κ3) is 3.12. The molecule has 6 heterocycles. The number of hydrogen-bond acceptors (Lipinski definition) is 7. The summed E-state index contributed by atoms with van der Waals surface area (Å²) < 4.78 is 8.38. The third-order valence-corrected chi connectivity index (χ3v) is 9.57. The van der Waals surface area contributed by atoms with Gasteiger partial charge in [-0.25, -0.2) is 14.5 Å². The maximum Gasteiger partial charge on any atom is 0.184 e. The van der Waals surface area contributed by atoms with Crippen LogP contribution in [-0.4, -0.2) is 60.2 Å². The molecule has 2 bridgehead atoms. The Hall–Kier alpha value is -3.30. The van der Waals surface area contributed by atoms with Gasteiger partial charge in [-0.1, -0.05) is 37.3 Å². The van der Waals surface area contributed by atoms with Crippen molar-refractivity contribution in [2.45, 2.75) is 70.0 Å². The number of aromatic amines is 1. The second-order valence-electron chi connectivity index (χ2n) is 12.5. The first-order valence-corrected chi connectivity index (χ1v) is 13.5. The summed E-state index contributed by atoms with van der Waals surface area (Å²) in [5.74, 6) is 1.80. The summed E-state index contributed by atoms with van der Waals surface area (Å²) >= 11 is 0. The number of ether oxygens (including phenoxy) is 1. The van der Waals surface area contributed by atoms with E-state index in [1.807, 2.05) is 25.3 Å². The number of nitrogens with one attached hydrogen (secondary N) is 1. The van der Waals surface area contributed by atoms with Crippen molar-refractivity contribution in [2.24, 2.45) is 5.41 Å². The molecule has 9 heteroatoms. The van der Waals surface area contributed by atoms with E-state index < -0.39 is 16.6 Å². The van der Waals surface area contributed by atoms with Crippen LogP contribution in [0.2, 0.25) is 0 Å². The van der Waals surface area contributed by atoms with Crippen LogP contribution in [0.15, 0.2) is 42.6 Å². The molecule has 3 aliphatic heterocycles. The van der Waals surface area contributed by atoms with Crippen molar-refractivity contribution in [3.8, 4) is 0 Å². The predicted octanol–water partition coefficient (Wildman–Crippen LogP) is 3.80. The summed E-state index contributed by atoms with van der Waals surface area (Å²) in [6.45, 7) is 12.4. The van der Waals surface area contributed by atoms with Crippen LogP contribution in [0.25, 0.3) is 5.65 Å². The number of aromatic nitrogens is 6. The summed E-state index contributed by atoms with van der Waals surface area (Å²) in [5, 5.41) is 23.6. The van der Waals surface area contributed by atoms with E-state index in [2.05, 4.69) is 76.5 Å². The maximum atomic E-state index is 11.2. The molecule has 4 fully saturated rings. The van der Waals surface area contributed by atoms with Crippen molar-refractivity contribution >= 4 is 11.3 Å². The van der Waals surface area contributed by atoms with Crippen molar-refractivity contribution in [1.82, 2.24) is 29.8 Å². The molecular formula is C29H35N7O2. The Balaban J connectivity index is 1.25. The van der Waals surface area contributed by atoms with Gasteiger partial charge in [0.15, 0.2) is 17.3 Å². The monoisotopic (exact) mass is 513 g/mol. The highest BCUT2D eigenvalue weighted by atomic mass is 16.5. The zero-order valence-electron chi connectivity index (χ0n) is 22.7. The molecule has 198 valence electrons. The lowest BCUT2D eigenvalue weighted by Crippen LogP contribution is -2.61. The number of hydrogen-bond donors (Lipinski definition) is 2. The van der Waals surface area contributed by atoms with Crippen LogP contribution >= 0.6 is 0 Å². The lowest BCUT2D eigenvalue weighted by Gasteiger charge is -2.55. The number of aliphatic hydroxyl groups is 1. The molecule has 4 atom stereocenters. The van der Waals surface area contributed by atoms with E-state index in [4.69, 9.17) is 14.8 Å². The molecule has 4 unspecified atom stereocenters. The third-order valence-electron chi connectivity index (χ3n) is 9.57. The fraction of sp³-hybridized carbons (Fsp3) is 0.517. The van der Waals surface area contributed by atoms with Crippen LogP contribution in [0.5, 0.6) is 0 Å². The minimum atomic E-state index is -0.963. The first-order valence-electron chi connectivity index (χ1n) is 13.5. The lowest BCUT2D eigenvalue weighted by molar-refractivity contribution is -0.137. The number of H-pyrrole nitrogens is 1. The Kier molecular flexibility index (Phi) is 4.78. The van der Waals surface area contributed by atoms with Crippen molar-refractivity contribution in [2.75, 3.05) is 24.6 Å². The molecule has 3 saturated heterocycles. The fourth-order valence-corrected chi connectivity index (χ4v) is 7.22. The molecule has 4 aliphatic rings.